The summed E-state index contributed by atoms with van der Waals surface area (Å²) in [6.07, 6.45) is 3.17. The lowest BCUT2D eigenvalue weighted by molar-refractivity contribution is 0.0776. The highest BCUT2D eigenvalue weighted by Gasteiger charge is 2.42. The van der Waals surface area contributed by atoms with Crippen LogP contribution in [0.25, 0.3) is 0 Å². The molecule has 0 amide bonds. The fraction of sp³-hybridized carbons (Fsp3) is 0.714. The van der Waals surface area contributed by atoms with Crippen LogP contribution in [0, 0.1) is 6.92 Å². The minimum Gasteiger partial charge on any atom is -0.381 e. The Labute approximate surface area is 126 Å². The molecule has 1 aliphatic heterocycles. The number of nitrogens with one attached hydrogen (secondary N) is 1. The topological polar surface area (TPSA) is 81.2 Å². The van der Waals surface area contributed by atoms with E-state index in [0.29, 0.717) is 44.2 Å². The molecule has 118 valence electrons. The number of hydrogen-bond acceptors (Lipinski definition) is 6. The molecule has 0 bridgehead atoms. The molecular formula is C14H23N3O3S. The van der Waals surface area contributed by atoms with Gasteiger partial charge in [-0.15, -0.1) is 0 Å². The molecule has 0 aliphatic carbocycles. The van der Waals surface area contributed by atoms with Gasteiger partial charge in [0, 0.05) is 37.8 Å². The van der Waals surface area contributed by atoms with Gasteiger partial charge in [0.05, 0.1) is 4.75 Å². The molecule has 6 nitrogen and oxygen atoms in total. The number of hydrogen-bond donors (Lipinski definition) is 1. The predicted octanol–water partition coefficient (Wildman–Crippen LogP) is 1.35. The number of aromatic nitrogens is 2. The molecule has 2 heterocycles. The van der Waals surface area contributed by atoms with Gasteiger partial charge in [0.2, 0.25) is 0 Å². The lowest BCUT2D eigenvalue weighted by Gasteiger charge is -2.35. The number of aryl methyl sites for hydroxylation is 2. The van der Waals surface area contributed by atoms with Crippen molar-refractivity contribution < 1.29 is 13.2 Å². The molecule has 1 aromatic heterocycles. The lowest BCUT2D eigenvalue weighted by atomic mass is 9.99. The predicted molar refractivity (Wildman–Crippen MR) is 82.3 cm³/mol. The Balaban J connectivity index is 2.17. The Morgan fingerprint density at radius 2 is 2.00 bits per heavy atom. The maximum atomic E-state index is 12.2. The molecule has 1 saturated heterocycles. The van der Waals surface area contributed by atoms with E-state index in [-0.39, 0.29) is 0 Å². The van der Waals surface area contributed by atoms with E-state index in [1.54, 1.807) is 0 Å². The van der Waals surface area contributed by atoms with E-state index in [0.717, 1.165) is 12.1 Å². The third kappa shape index (κ3) is 3.71. The molecule has 1 N–H and O–H groups in total. The average Bonchev–Trinajstić information content (AvgIpc) is 2.44. The molecule has 0 aromatic carbocycles. The van der Waals surface area contributed by atoms with Crippen molar-refractivity contribution in [2.45, 2.75) is 37.9 Å². The summed E-state index contributed by atoms with van der Waals surface area (Å²) in [5, 5.41) is 3.19. The summed E-state index contributed by atoms with van der Waals surface area (Å²) in [4.78, 5) is 8.65. The Bertz CT molecular complexity index is 595. The maximum absolute atomic E-state index is 12.2. The van der Waals surface area contributed by atoms with Crippen molar-refractivity contribution in [1.82, 2.24) is 9.97 Å². The van der Waals surface area contributed by atoms with Crippen molar-refractivity contribution in [3.8, 4) is 0 Å². The summed E-state index contributed by atoms with van der Waals surface area (Å²) >= 11 is 0. The molecule has 2 rings (SSSR count). The zero-order chi connectivity index (χ0) is 15.5. The monoisotopic (exact) mass is 313 g/mol. The quantitative estimate of drug-likeness (QED) is 0.884. The summed E-state index contributed by atoms with van der Waals surface area (Å²) in [7, 11) is -3.17. The lowest BCUT2D eigenvalue weighted by Crippen LogP contribution is -2.48. The van der Waals surface area contributed by atoms with Gasteiger partial charge in [-0.2, -0.15) is 0 Å². The van der Waals surface area contributed by atoms with Crippen LogP contribution in [0.15, 0.2) is 6.07 Å². The van der Waals surface area contributed by atoms with E-state index in [9.17, 15) is 8.42 Å². The van der Waals surface area contributed by atoms with Gasteiger partial charge in [0.25, 0.3) is 0 Å². The van der Waals surface area contributed by atoms with Gasteiger partial charge in [0.1, 0.15) is 11.6 Å². The molecule has 0 spiro atoms. The second-order valence-corrected chi connectivity index (χ2v) is 7.98. The van der Waals surface area contributed by atoms with Gasteiger partial charge in [-0.05, 0) is 26.2 Å². The van der Waals surface area contributed by atoms with E-state index in [4.69, 9.17) is 4.74 Å². The largest absolute Gasteiger partial charge is 0.381 e. The van der Waals surface area contributed by atoms with Crippen molar-refractivity contribution in [2.24, 2.45) is 0 Å². The van der Waals surface area contributed by atoms with Gasteiger partial charge in [-0.1, -0.05) is 6.92 Å². The highest BCUT2D eigenvalue weighted by atomic mass is 32.2. The third-order valence-corrected chi connectivity index (χ3v) is 6.16. The summed E-state index contributed by atoms with van der Waals surface area (Å²) in [5.74, 6) is 1.38. The van der Waals surface area contributed by atoms with Crippen LogP contribution in [0.2, 0.25) is 0 Å². The smallest absolute Gasteiger partial charge is 0.155 e. The summed E-state index contributed by atoms with van der Waals surface area (Å²) in [6.45, 7) is 5.19. The molecule has 0 saturated carbocycles. The molecule has 21 heavy (non-hydrogen) atoms. The second kappa shape index (κ2) is 6.27. The number of rotatable bonds is 5. The van der Waals surface area contributed by atoms with Crippen LogP contribution in [0.4, 0.5) is 5.82 Å². The molecule has 0 atom stereocenters. The summed E-state index contributed by atoms with van der Waals surface area (Å²) in [6, 6.07) is 1.88. The molecule has 1 aromatic rings. The highest BCUT2D eigenvalue weighted by Crippen LogP contribution is 2.29. The summed E-state index contributed by atoms with van der Waals surface area (Å²) in [5.41, 5.74) is 0.949. The fourth-order valence-electron chi connectivity index (χ4n) is 2.57. The number of nitrogens with zero attached hydrogens (tertiary/aromatic N) is 2. The van der Waals surface area contributed by atoms with Crippen molar-refractivity contribution in [2.75, 3.05) is 31.3 Å². The van der Waals surface area contributed by atoms with E-state index in [1.165, 1.54) is 6.26 Å². The second-order valence-electron chi connectivity index (χ2n) is 5.57. The maximum Gasteiger partial charge on any atom is 0.155 e. The zero-order valence-electron chi connectivity index (χ0n) is 12.8. The Morgan fingerprint density at radius 3 is 2.57 bits per heavy atom. The van der Waals surface area contributed by atoms with Crippen LogP contribution in [0.3, 0.4) is 0 Å². The molecule has 0 radical (unpaired) electrons. The van der Waals surface area contributed by atoms with Crippen molar-refractivity contribution in [1.29, 1.82) is 0 Å². The van der Waals surface area contributed by atoms with Gasteiger partial charge in [-0.3, -0.25) is 0 Å². The fourth-order valence-corrected chi connectivity index (χ4v) is 3.82. The van der Waals surface area contributed by atoms with Crippen molar-refractivity contribution in [3.63, 3.8) is 0 Å². The van der Waals surface area contributed by atoms with Crippen LogP contribution in [0.1, 0.15) is 31.3 Å². The highest BCUT2D eigenvalue weighted by molar-refractivity contribution is 7.92. The number of sulfone groups is 1. The minimum atomic E-state index is -3.17. The molecule has 7 heteroatoms. The third-order valence-electron chi connectivity index (χ3n) is 4.04. The van der Waals surface area contributed by atoms with E-state index in [1.807, 2.05) is 19.9 Å². The Kier molecular flexibility index (Phi) is 4.83. The van der Waals surface area contributed by atoms with Gasteiger partial charge in [-0.25, -0.2) is 18.4 Å². The first-order chi connectivity index (χ1) is 9.86. The number of ether oxygens (including phenoxy) is 1. The van der Waals surface area contributed by atoms with Gasteiger partial charge >= 0.3 is 0 Å². The van der Waals surface area contributed by atoms with Crippen molar-refractivity contribution in [3.05, 3.63) is 17.6 Å². The first-order valence-electron chi connectivity index (χ1n) is 7.22. The molecular weight excluding hydrogens is 290 g/mol. The molecule has 1 fully saturated rings. The zero-order valence-corrected chi connectivity index (χ0v) is 13.7. The van der Waals surface area contributed by atoms with Crippen LogP contribution < -0.4 is 5.32 Å². The molecule has 0 unspecified atom stereocenters. The van der Waals surface area contributed by atoms with Crippen LogP contribution in [-0.2, 0) is 21.0 Å². The first kappa shape index (κ1) is 16.2. The van der Waals surface area contributed by atoms with E-state index < -0.39 is 14.6 Å². The van der Waals surface area contributed by atoms with Crippen molar-refractivity contribution >= 4 is 15.7 Å². The van der Waals surface area contributed by atoms with E-state index >= 15 is 0 Å². The van der Waals surface area contributed by atoms with Crippen LogP contribution in [0.5, 0.6) is 0 Å². The van der Waals surface area contributed by atoms with Gasteiger partial charge < -0.3 is 10.1 Å². The average molecular weight is 313 g/mol. The van der Waals surface area contributed by atoms with Crippen LogP contribution in [-0.4, -0.2) is 49.1 Å². The van der Waals surface area contributed by atoms with E-state index in [2.05, 4.69) is 15.3 Å². The first-order valence-corrected chi connectivity index (χ1v) is 9.11. The Morgan fingerprint density at radius 1 is 1.33 bits per heavy atom. The summed E-state index contributed by atoms with van der Waals surface area (Å²) < 4.78 is 28.9. The Hall–Kier alpha value is -1.21. The van der Waals surface area contributed by atoms with Gasteiger partial charge in [0.15, 0.2) is 9.84 Å². The standard InChI is InChI=1S/C14H23N3O3S/c1-4-12-9-13(17-11(2)16-12)15-10-14(21(3,18)19)5-7-20-8-6-14/h9H,4-8,10H2,1-3H3,(H,15,16,17). The van der Waals surface area contributed by atoms with Crippen LogP contribution >= 0.6 is 0 Å². The minimum absolute atomic E-state index is 0.356. The molecule has 1 aliphatic rings. The number of anilines is 1. The normalized spacial score (nSPS) is 18.4. The SMILES string of the molecule is CCc1cc(NCC2(S(C)(=O)=O)CCOCC2)nc(C)n1.